The van der Waals surface area contributed by atoms with Crippen molar-refractivity contribution in [3.8, 4) is 11.5 Å². The molecule has 1 aliphatic rings. The fourth-order valence-corrected chi connectivity index (χ4v) is 4.58. The molecule has 1 saturated heterocycles. The van der Waals surface area contributed by atoms with Crippen LogP contribution in [0.4, 0.5) is 0 Å². The minimum absolute atomic E-state index is 0.203. The zero-order valence-corrected chi connectivity index (χ0v) is 19.2. The fourth-order valence-electron chi connectivity index (χ4n) is 4.58. The van der Waals surface area contributed by atoms with Gasteiger partial charge in [-0.25, -0.2) is 0 Å². The van der Waals surface area contributed by atoms with Crippen LogP contribution >= 0.6 is 0 Å². The van der Waals surface area contributed by atoms with Crippen LogP contribution in [0.3, 0.4) is 0 Å². The van der Waals surface area contributed by atoms with E-state index in [9.17, 15) is 0 Å². The molecular weight excluding hydrogens is 374 g/mol. The average molecular weight is 413 g/mol. The molecule has 0 aliphatic carbocycles. The molecule has 4 nitrogen and oxygen atoms in total. The first-order valence-corrected chi connectivity index (χ1v) is 11.2. The summed E-state index contributed by atoms with van der Waals surface area (Å²) in [7, 11) is 3.36. The van der Waals surface area contributed by atoms with Crippen LogP contribution < -0.4 is 14.8 Å². The van der Waals surface area contributed by atoms with Gasteiger partial charge in [-0.3, -0.25) is 0 Å². The zero-order chi connectivity index (χ0) is 21.6. The van der Waals surface area contributed by atoms with Crippen molar-refractivity contribution in [1.82, 2.24) is 0 Å². The van der Waals surface area contributed by atoms with Gasteiger partial charge in [0.05, 0.1) is 26.9 Å². The summed E-state index contributed by atoms with van der Waals surface area (Å²) in [5.41, 5.74) is 4.25. The summed E-state index contributed by atoms with van der Waals surface area (Å²) in [4.78, 5) is 0. The summed E-state index contributed by atoms with van der Waals surface area (Å²) in [6, 6.07) is 15.4. The van der Waals surface area contributed by atoms with Crippen LogP contribution in [0.5, 0.6) is 11.5 Å². The molecule has 2 N–H and O–H groups in total. The molecule has 0 spiro atoms. The molecule has 2 aromatic carbocycles. The van der Waals surface area contributed by atoms with E-state index >= 15 is 0 Å². The molecule has 2 aromatic rings. The second kappa shape index (κ2) is 10.3. The first-order chi connectivity index (χ1) is 14.5. The lowest BCUT2D eigenvalue weighted by molar-refractivity contribution is -0.672. The molecule has 3 rings (SSSR count). The monoisotopic (exact) mass is 412 g/mol. The number of hydrogen-bond acceptors (Lipinski definition) is 3. The number of methoxy groups -OCH3 is 2. The molecule has 2 atom stereocenters. The Kier molecular flexibility index (Phi) is 7.79. The standard InChI is InChI=1S/C26H37NO3/c1-19(2)25-17-26(13-15-30-25,22-9-6-20(3)7-10-22)12-14-27-18-21-8-11-23(28-4)24(16-21)29-5/h6-11,16,19,25,27H,12-15,17-18H2,1-5H3/p+1/t25-,26-/m1/s1. The van der Waals surface area contributed by atoms with Crippen LogP contribution in [0.15, 0.2) is 42.5 Å². The van der Waals surface area contributed by atoms with Crippen LogP contribution in [-0.2, 0) is 16.7 Å². The fraction of sp³-hybridized carbons (Fsp3) is 0.538. The van der Waals surface area contributed by atoms with Crippen molar-refractivity contribution in [2.75, 3.05) is 27.4 Å². The van der Waals surface area contributed by atoms with E-state index in [1.807, 2.05) is 6.07 Å². The van der Waals surface area contributed by atoms with Crippen LogP contribution in [0.25, 0.3) is 0 Å². The van der Waals surface area contributed by atoms with Gasteiger partial charge in [0.25, 0.3) is 0 Å². The Morgan fingerprint density at radius 3 is 2.47 bits per heavy atom. The lowest BCUT2D eigenvalue weighted by Gasteiger charge is -2.42. The Morgan fingerprint density at radius 2 is 1.80 bits per heavy atom. The third-order valence-corrected chi connectivity index (χ3v) is 6.57. The Labute approximate surface area is 181 Å². The van der Waals surface area contributed by atoms with Crippen molar-refractivity contribution in [1.29, 1.82) is 0 Å². The second-order valence-electron chi connectivity index (χ2n) is 8.97. The van der Waals surface area contributed by atoms with Gasteiger partial charge in [0.2, 0.25) is 0 Å². The Balaban J connectivity index is 1.68. The quantitative estimate of drug-likeness (QED) is 0.627. The molecule has 0 unspecified atom stereocenters. The van der Waals surface area contributed by atoms with E-state index in [1.54, 1.807) is 14.2 Å². The first kappa shape index (κ1) is 22.6. The highest BCUT2D eigenvalue weighted by Gasteiger charge is 2.39. The Bertz CT molecular complexity index is 802. The molecule has 1 fully saturated rings. The largest absolute Gasteiger partial charge is 0.493 e. The third kappa shape index (κ3) is 5.35. The maximum Gasteiger partial charge on any atom is 0.161 e. The molecular formula is C26H38NO3+. The highest BCUT2D eigenvalue weighted by molar-refractivity contribution is 5.42. The van der Waals surface area contributed by atoms with Crippen molar-refractivity contribution in [2.45, 2.75) is 58.1 Å². The van der Waals surface area contributed by atoms with E-state index in [2.05, 4.69) is 62.5 Å². The summed E-state index contributed by atoms with van der Waals surface area (Å²) >= 11 is 0. The van der Waals surface area contributed by atoms with Gasteiger partial charge < -0.3 is 19.5 Å². The molecule has 4 heteroatoms. The minimum atomic E-state index is 0.203. The summed E-state index contributed by atoms with van der Waals surface area (Å²) in [6.45, 7) is 9.60. The van der Waals surface area contributed by atoms with Gasteiger partial charge in [-0.05, 0) is 49.4 Å². The maximum atomic E-state index is 6.13. The molecule has 0 saturated carbocycles. The van der Waals surface area contributed by atoms with Gasteiger partial charge in [0.1, 0.15) is 6.54 Å². The van der Waals surface area contributed by atoms with Crippen molar-refractivity contribution < 1.29 is 19.5 Å². The SMILES string of the molecule is COc1ccc(C[NH2+]CC[C@@]2(c3ccc(C)cc3)CCO[C@@H](C(C)C)C2)cc1OC. The number of rotatable bonds is 9. The maximum absolute atomic E-state index is 6.13. The molecule has 0 bridgehead atoms. The van der Waals surface area contributed by atoms with Crippen molar-refractivity contribution in [3.05, 3.63) is 59.2 Å². The van der Waals surface area contributed by atoms with Gasteiger partial charge in [-0.1, -0.05) is 43.7 Å². The van der Waals surface area contributed by atoms with E-state index in [0.717, 1.165) is 50.5 Å². The topological polar surface area (TPSA) is 44.3 Å². The number of quaternary nitrogens is 1. The van der Waals surface area contributed by atoms with E-state index in [0.29, 0.717) is 12.0 Å². The lowest BCUT2D eigenvalue weighted by Crippen LogP contribution is -2.83. The predicted molar refractivity (Wildman–Crippen MR) is 121 cm³/mol. The van der Waals surface area contributed by atoms with Gasteiger partial charge >= 0.3 is 0 Å². The Hall–Kier alpha value is -2.04. The third-order valence-electron chi connectivity index (χ3n) is 6.57. The zero-order valence-electron chi connectivity index (χ0n) is 19.2. The van der Waals surface area contributed by atoms with Gasteiger partial charge in [0, 0.05) is 24.0 Å². The number of benzene rings is 2. The van der Waals surface area contributed by atoms with Crippen molar-refractivity contribution in [3.63, 3.8) is 0 Å². The second-order valence-corrected chi connectivity index (χ2v) is 8.97. The summed E-state index contributed by atoms with van der Waals surface area (Å²) < 4.78 is 16.9. The summed E-state index contributed by atoms with van der Waals surface area (Å²) in [6.07, 6.45) is 3.71. The van der Waals surface area contributed by atoms with Crippen LogP contribution in [0.2, 0.25) is 0 Å². The van der Waals surface area contributed by atoms with Crippen molar-refractivity contribution in [2.24, 2.45) is 5.92 Å². The molecule has 0 aromatic heterocycles. The molecule has 164 valence electrons. The van der Waals surface area contributed by atoms with Crippen molar-refractivity contribution >= 4 is 0 Å². The highest BCUT2D eigenvalue weighted by Crippen LogP contribution is 2.41. The highest BCUT2D eigenvalue weighted by atomic mass is 16.5. The van der Waals surface area contributed by atoms with Gasteiger partial charge in [-0.2, -0.15) is 0 Å². The van der Waals surface area contributed by atoms with Crippen LogP contribution in [-0.4, -0.2) is 33.5 Å². The molecule has 1 aliphatic heterocycles. The van der Waals surface area contributed by atoms with E-state index in [-0.39, 0.29) is 5.41 Å². The van der Waals surface area contributed by atoms with Gasteiger partial charge in [-0.15, -0.1) is 0 Å². The molecule has 30 heavy (non-hydrogen) atoms. The average Bonchev–Trinajstić information content (AvgIpc) is 2.77. The minimum Gasteiger partial charge on any atom is -0.493 e. The predicted octanol–water partition coefficient (Wildman–Crippen LogP) is 4.24. The summed E-state index contributed by atoms with van der Waals surface area (Å²) in [5.74, 6) is 2.12. The number of nitrogens with two attached hydrogens (primary N) is 1. The van der Waals surface area contributed by atoms with E-state index < -0.39 is 0 Å². The molecule has 0 radical (unpaired) electrons. The Morgan fingerprint density at radius 1 is 1.07 bits per heavy atom. The van der Waals surface area contributed by atoms with E-state index in [1.165, 1.54) is 16.7 Å². The van der Waals surface area contributed by atoms with Crippen LogP contribution in [0, 0.1) is 12.8 Å². The van der Waals surface area contributed by atoms with Gasteiger partial charge in [0.15, 0.2) is 11.5 Å². The summed E-state index contributed by atoms with van der Waals surface area (Å²) in [5, 5.41) is 2.41. The number of hydrogen-bond donors (Lipinski definition) is 1. The normalized spacial score (nSPS) is 21.6. The molecule has 1 heterocycles. The van der Waals surface area contributed by atoms with E-state index in [4.69, 9.17) is 14.2 Å². The lowest BCUT2D eigenvalue weighted by atomic mass is 9.68. The first-order valence-electron chi connectivity index (χ1n) is 11.2. The smallest absolute Gasteiger partial charge is 0.161 e. The number of ether oxygens (including phenoxy) is 3. The number of aryl methyl sites for hydroxylation is 1. The molecule has 0 amide bonds. The van der Waals surface area contributed by atoms with Crippen LogP contribution in [0.1, 0.15) is 49.8 Å².